The number of hydrogen-bond donors (Lipinski definition) is 1. The van der Waals surface area contributed by atoms with E-state index < -0.39 is 6.10 Å². The minimum Gasteiger partial charge on any atom is -0.497 e. The molecule has 0 radical (unpaired) electrons. The van der Waals surface area contributed by atoms with E-state index in [9.17, 15) is 4.79 Å². The van der Waals surface area contributed by atoms with Crippen LogP contribution >= 0.6 is 0 Å². The average Bonchev–Trinajstić information content (AvgIpc) is 2.73. The van der Waals surface area contributed by atoms with Crippen molar-refractivity contribution in [1.29, 1.82) is 0 Å². The van der Waals surface area contributed by atoms with Crippen LogP contribution in [-0.2, 0) is 4.79 Å². The number of hydrogen-bond acceptors (Lipinski definition) is 4. The molecule has 2 unspecified atom stereocenters. The van der Waals surface area contributed by atoms with Gasteiger partial charge in [0.15, 0.2) is 6.10 Å². The van der Waals surface area contributed by atoms with Gasteiger partial charge in [-0.25, -0.2) is 0 Å². The molecule has 0 aliphatic rings. The highest BCUT2D eigenvalue weighted by Crippen LogP contribution is 2.30. The first kappa shape index (κ1) is 19.5. The zero-order chi connectivity index (χ0) is 20.1. The number of methoxy groups -OCH3 is 2. The van der Waals surface area contributed by atoms with Crippen LogP contribution < -0.4 is 19.5 Å². The van der Waals surface area contributed by atoms with Crippen LogP contribution in [0.3, 0.4) is 0 Å². The summed E-state index contributed by atoms with van der Waals surface area (Å²) in [7, 11) is 3.21. The molecule has 0 fully saturated rings. The third-order valence-electron chi connectivity index (χ3n) is 4.68. The number of nitrogens with one attached hydrogen (secondary N) is 1. The third kappa shape index (κ3) is 4.19. The quantitative estimate of drug-likeness (QED) is 0.657. The number of amides is 1. The monoisotopic (exact) mass is 379 g/mol. The van der Waals surface area contributed by atoms with Crippen LogP contribution in [0.4, 0.5) is 0 Å². The van der Waals surface area contributed by atoms with Gasteiger partial charge in [-0.2, -0.15) is 0 Å². The summed E-state index contributed by atoms with van der Waals surface area (Å²) in [4.78, 5) is 12.7. The highest BCUT2D eigenvalue weighted by molar-refractivity contribution is 5.89. The van der Waals surface area contributed by atoms with E-state index in [0.717, 1.165) is 16.3 Å². The van der Waals surface area contributed by atoms with E-state index >= 15 is 0 Å². The molecule has 28 heavy (non-hydrogen) atoms. The fourth-order valence-corrected chi connectivity index (χ4v) is 3.13. The predicted octanol–water partition coefficient (Wildman–Crippen LogP) is 4.50. The lowest BCUT2D eigenvalue weighted by Crippen LogP contribution is -2.37. The van der Waals surface area contributed by atoms with Gasteiger partial charge in [-0.1, -0.05) is 36.4 Å². The molecular weight excluding hydrogens is 354 g/mol. The summed E-state index contributed by atoms with van der Waals surface area (Å²) in [5.41, 5.74) is 0.840. The van der Waals surface area contributed by atoms with Crippen molar-refractivity contribution in [3.8, 4) is 17.2 Å². The molecular formula is C23H25NO4. The van der Waals surface area contributed by atoms with Crippen molar-refractivity contribution < 1.29 is 19.0 Å². The van der Waals surface area contributed by atoms with Gasteiger partial charge in [0.1, 0.15) is 17.2 Å². The van der Waals surface area contributed by atoms with Gasteiger partial charge in [0, 0.05) is 10.9 Å². The maximum atomic E-state index is 12.7. The summed E-state index contributed by atoms with van der Waals surface area (Å²) >= 11 is 0. The molecule has 2 atom stereocenters. The largest absolute Gasteiger partial charge is 0.497 e. The first-order valence-corrected chi connectivity index (χ1v) is 9.20. The Kier molecular flexibility index (Phi) is 6.04. The Morgan fingerprint density at radius 1 is 0.893 bits per heavy atom. The van der Waals surface area contributed by atoms with Gasteiger partial charge in [-0.3, -0.25) is 4.79 Å². The van der Waals surface area contributed by atoms with Crippen LogP contribution in [0.25, 0.3) is 10.8 Å². The van der Waals surface area contributed by atoms with Crippen LogP contribution in [0, 0.1) is 0 Å². The van der Waals surface area contributed by atoms with E-state index in [1.807, 2.05) is 67.6 Å². The Balaban J connectivity index is 1.73. The second-order valence-electron chi connectivity index (χ2n) is 6.58. The molecule has 3 aromatic carbocycles. The molecule has 0 aliphatic carbocycles. The standard InChI is InChI=1S/C23H25NO4/c1-15(20-14-18(26-3)12-13-21(20)27-4)24-23(25)16(2)28-22-11-7-9-17-8-5-6-10-19(17)22/h5-16H,1-4H3,(H,24,25). The van der Waals surface area contributed by atoms with E-state index in [4.69, 9.17) is 14.2 Å². The molecule has 0 aromatic heterocycles. The van der Waals surface area contributed by atoms with Crippen molar-refractivity contribution >= 4 is 16.7 Å². The summed E-state index contributed by atoms with van der Waals surface area (Å²) in [5, 5.41) is 5.04. The molecule has 0 saturated carbocycles. The van der Waals surface area contributed by atoms with Crippen molar-refractivity contribution in [2.45, 2.75) is 26.0 Å². The normalized spacial score (nSPS) is 12.9. The second-order valence-corrected chi connectivity index (χ2v) is 6.58. The molecule has 0 spiro atoms. The topological polar surface area (TPSA) is 56.8 Å². The summed E-state index contributed by atoms with van der Waals surface area (Å²) < 4.78 is 16.7. The lowest BCUT2D eigenvalue weighted by molar-refractivity contribution is -0.127. The third-order valence-corrected chi connectivity index (χ3v) is 4.68. The number of carbonyl (C=O) groups excluding carboxylic acids is 1. The van der Waals surface area contributed by atoms with E-state index in [1.165, 1.54) is 0 Å². The molecule has 1 amide bonds. The minimum atomic E-state index is -0.648. The Morgan fingerprint density at radius 2 is 1.64 bits per heavy atom. The van der Waals surface area contributed by atoms with Crippen LogP contribution in [0.1, 0.15) is 25.5 Å². The maximum Gasteiger partial charge on any atom is 0.261 e. The Labute approximate surface area is 165 Å². The van der Waals surface area contributed by atoms with Crippen molar-refractivity contribution in [3.05, 3.63) is 66.2 Å². The molecule has 0 heterocycles. The second kappa shape index (κ2) is 8.65. The first-order valence-electron chi connectivity index (χ1n) is 9.20. The predicted molar refractivity (Wildman–Crippen MR) is 110 cm³/mol. The summed E-state index contributed by atoms with van der Waals surface area (Å²) in [5.74, 6) is 1.88. The van der Waals surface area contributed by atoms with E-state index in [-0.39, 0.29) is 11.9 Å². The molecule has 5 nitrogen and oxygen atoms in total. The molecule has 0 aliphatic heterocycles. The summed E-state index contributed by atoms with van der Waals surface area (Å²) in [6.45, 7) is 3.65. The van der Waals surface area contributed by atoms with E-state index in [2.05, 4.69) is 5.32 Å². The van der Waals surface area contributed by atoms with Gasteiger partial charge < -0.3 is 19.5 Å². The summed E-state index contributed by atoms with van der Waals surface area (Å²) in [6.07, 6.45) is -0.648. The highest BCUT2D eigenvalue weighted by atomic mass is 16.5. The zero-order valence-corrected chi connectivity index (χ0v) is 16.6. The maximum absolute atomic E-state index is 12.7. The fourth-order valence-electron chi connectivity index (χ4n) is 3.13. The van der Waals surface area contributed by atoms with Crippen molar-refractivity contribution in [2.75, 3.05) is 14.2 Å². The molecule has 146 valence electrons. The highest BCUT2D eigenvalue weighted by Gasteiger charge is 2.21. The molecule has 1 N–H and O–H groups in total. The van der Waals surface area contributed by atoms with E-state index in [1.54, 1.807) is 21.1 Å². The molecule has 0 bridgehead atoms. The number of fused-ring (bicyclic) bond motifs is 1. The minimum absolute atomic E-state index is 0.203. The van der Waals surface area contributed by atoms with Crippen molar-refractivity contribution in [2.24, 2.45) is 0 Å². The van der Waals surface area contributed by atoms with Gasteiger partial charge in [-0.15, -0.1) is 0 Å². The van der Waals surface area contributed by atoms with Gasteiger partial charge in [0.2, 0.25) is 0 Å². The number of rotatable bonds is 7. The fraction of sp³-hybridized carbons (Fsp3) is 0.261. The molecule has 5 heteroatoms. The Morgan fingerprint density at radius 3 is 2.39 bits per heavy atom. The zero-order valence-electron chi connectivity index (χ0n) is 16.6. The smallest absolute Gasteiger partial charge is 0.261 e. The van der Waals surface area contributed by atoms with Gasteiger partial charge in [0.05, 0.1) is 20.3 Å². The van der Waals surface area contributed by atoms with E-state index in [0.29, 0.717) is 17.2 Å². The van der Waals surface area contributed by atoms with Crippen molar-refractivity contribution in [3.63, 3.8) is 0 Å². The van der Waals surface area contributed by atoms with Gasteiger partial charge in [-0.05, 0) is 43.5 Å². The molecule has 3 rings (SSSR count). The van der Waals surface area contributed by atoms with Crippen molar-refractivity contribution in [1.82, 2.24) is 5.32 Å². The Bertz CT molecular complexity index is 964. The SMILES string of the molecule is COc1ccc(OC)c(C(C)NC(=O)C(C)Oc2cccc3ccccc23)c1. The average molecular weight is 379 g/mol. The first-order chi connectivity index (χ1) is 13.5. The van der Waals surface area contributed by atoms with Gasteiger partial charge >= 0.3 is 0 Å². The lowest BCUT2D eigenvalue weighted by Gasteiger charge is -2.21. The summed E-state index contributed by atoms with van der Waals surface area (Å²) in [6, 6.07) is 19.0. The van der Waals surface area contributed by atoms with Gasteiger partial charge in [0.25, 0.3) is 5.91 Å². The molecule has 3 aromatic rings. The Hall–Kier alpha value is -3.21. The number of carbonyl (C=O) groups is 1. The molecule has 0 saturated heterocycles. The lowest BCUT2D eigenvalue weighted by atomic mass is 10.1. The number of ether oxygens (including phenoxy) is 3. The van der Waals surface area contributed by atoms with Crippen LogP contribution in [0.15, 0.2) is 60.7 Å². The number of benzene rings is 3. The van der Waals surface area contributed by atoms with Crippen LogP contribution in [0.5, 0.6) is 17.2 Å². The van der Waals surface area contributed by atoms with Crippen LogP contribution in [-0.4, -0.2) is 26.2 Å². The van der Waals surface area contributed by atoms with Crippen LogP contribution in [0.2, 0.25) is 0 Å².